The van der Waals surface area contributed by atoms with Crippen LogP contribution < -0.4 is 4.74 Å². The zero-order chi connectivity index (χ0) is 15.9. The van der Waals surface area contributed by atoms with E-state index in [2.05, 4.69) is 15.0 Å². The second-order valence-corrected chi connectivity index (χ2v) is 4.30. The average molecular weight is 298 g/mol. The maximum Gasteiger partial charge on any atom is 0.341 e. The molecular formula is C16H14N2O4. The number of hydrogen-bond acceptors (Lipinski definition) is 6. The van der Waals surface area contributed by atoms with Crippen LogP contribution in [0.25, 0.3) is 0 Å². The maximum absolute atomic E-state index is 11.8. The van der Waals surface area contributed by atoms with E-state index in [9.17, 15) is 9.59 Å². The van der Waals surface area contributed by atoms with Crippen molar-refractivity contribution in [3.8, 4) is 5.75 Å². The number of ether oxygens (including phenoxy) is 2. The van der Waals surface area contributed by atoms with Gasteiger partial charge in [0, 0.05) is 6.92 Å². The van der Waals surface area contributed by atoms with Gasteiger partial charge < -0.3 is 9.47 Å². The van der Waals surface area contributed by atoms with E-state index < -0.39 is 11.9 Å². The molecule has 0 aliphatic rings. The van der Waals surface area contributed by atoms with Crippen LogP contribution in [0.15, 0.2) is 58.8 Å². The van der Waals surface area contributed by atoms with Gasteiger partial charge in [-0.25, -0.2) is 4.79 Å². The van der Waals surface area contributed by atoms with Crippen LogP contribution in [0.2, 0.25) is 0 Å². The lowest BCUT2D eigenvalue weighted by atomic mass is 10.2. The number of carbonyl (C=O) groups excluding carboxylic acids is 2. The van der Waals surface area contributed by atoms with E-state index in [4.69, 9.17) is 4.74 Å². The molecule has 0 aromatic heterocycles. The molecule has 0 N–H and O–H groups in total. The summed E-state index contributed by atoms with van der Waals surface area (Å²) in [6.45, 7) is 1.25. The van der Waals surface area contributed by atoms with Gasteiger partial charge in [-0.3, -0.25) is 4.79 Å². The summed E-state index contributed by atoms with van der Waals surface area (Å²) in [4.78, 5) is 22.8. The Morgan fingerprint density at radius 2 is 1.64 bits per heavy atom. The molecule has 0 atom stereocenters. The monoisotopic (exact) mass is 298 g/mol. The Morgan fingerprint density at radius 1 is 0.955 bits per heavy atom. The first kappa shape index (κ1) is 15.4. The molecule has 0 bridgehead atoms. The zero-order valence-corrected chi connectivity index (χ0v) is 12.1. The molecule has 0 radical (unpaired) electrons. The summed E-state index contributed by atoms with van der Waals surface area (Å²) < 4.78 is 9.65. The lowest BCUT2D eigenvalue weighted by Crippen LogP contribution is -2.08. The minimum Gasteiger partial charge on any atom is -0.465 e. The smallest absolute Gasteiger partial charge is 0.341 e. The van der Waals surface area contributed by atoms with Gasteiger partial charge in [-0.1, -0.05) is 18.2 Å². The molecule has 2 aromatic carbocycles. The average Bonchev–Trinajstić information content (AvgIpc) is 2.53. The van der Waals surface area contributed by atoms with Crippen LogP contribution in [0.1, 0.15) is 17.3 Å². The molecule has 0 saturated carbocycles. The first-order valence-electron chi connectivity index (χ1n) is 6.47. The van der Waals surface area contributed by atoms with Gasteiger partial charge in [-0.15, -0.1) is 0 Å². The lowest BCUT2D eigenvalue weighted by molar-refractivity contribution is -0.131. The SMILES string of the molecule is COC(=O)c1cc(N=Nc2ccccc2)ccc1OC(C)=O. The molecule has 6 heteroatoms. The van der Waals surface area contributed by atoms with E-state index in [1.54, 1.807) is 18.2 Å². The molecule has 6 nitrogen and oxygen atoms in total. The fourth-order valence-corrected chi connectivity index (χ4v) is 1.70. The first-order valence-corrected chi connectivity index (χ1v) is 6.47. The number of hydrogen-bond donors (Lipinski definition) is 0. The minimum absolute atomic E-state index is 0.113. The van der Waals surface area contributed by atoms with Crippen molar-refractivity contribution < 1.29 is 19.1 Å². The number of esters is 2. The molecule has 0 amide bonds. The highest BCUT2D eigenvalue weighted by Gasteiger charge is 2.15. The van der Waals surface area contributed by atoms with Crippen molar-refractivity contribution in [1.29, 1.82) is 0 Å². The Labute approximate surface area is 127 Å². The molecule has 2 rings (SSSR count). The molecule has 0 aliphatic heterocycles. The van der Waals surface area contributed by atoms with Crippen LogP contribution in [-0.2, 0) is 9.53 Å². The Morgan fingerprint density at radius 3 is 2.27 bits per heavy atom. The lowest BCUT2D eigenvalue weighted by Gasteiger charge is -2.07. The number of methoxy groups -OCH3 is 1. The summed E-state index contributed by atoms with van der Waals surface area (Å²) in [7, 11) is 1.25. The number of nitrogens with zero attached hydrogens (tertiary/aromatic N) is 2. The van der Waals surface area contributed by atoms with Crippen LogP contribution in [0.3, 0.4) is 0 Å². The number of rotatable bonds is 4. The van der Waals surface area contributed by atoms with E-state index in [0.29, 0.717) is 11.4 Å². The molecule has 0 unspecified atom stereocenters. The van der Waals surface area contributed by atoms with Gasteiger partial charge in [0.2, 0.25) is 0 Å². The van der Waals surface area contributed by atoms with E-state index in [1.807, 2.05) is 18.2 Å². The summed E-state index contributed by atoms with van der Waals surface area (Å²) in [5.74, 6) is -1.02. The number of azo groups is 1. The van der Waals surface area contributed by atoms with E-state index >= 15 is 0 Å². The van der Waals surface area contributed by atoms with Crippen LogP contribution in [0.4, 0.5) is 11.4 Å². The third kappa shape index (κ3) is 3.99. The van der Waals surface area contributed by atoms with Gasteiger partial charge in [-0.2, -0.15) is 10.2 Å². The number of carbonyl (C=O) groups is 2. The Bertz CT molecular complexity index is 711. The van der Waals surface area contributed by atoms with Gasteiger partial charge in [-0.05, 0) is 30.3 Å². The zero-order valence-electron chi connectivity index (χ0n) is 12.1. The van der Waals surface area contributed by atoms with Gasteiger partial charge in [0.05, 0.1) is 18.5 Å². The normalized spacial score (nSPS) is 10.5. The summed E-state index contributed by atoms with van der Waals surface area (Å²) in [5.41, 5.74) is 1.24. The Balaban J connectivity index is 2.32. The second kappa shape index (κ2) is 7.12. The number of benzene rings is 2. The highest BCUT2D eigenvalue weighted by Crippen LogP contribution is 2.26. The summed E-state index contributed by atoms with van der Waals surface area (Å²) >= 11 is 0. The Hall–Kier alpha value is -3.02. The summed E-state index contributed by atoms with van der Waals surface area (Å²) in [6, 6.07) is 13.7. The highest BCUT2D eigenvalue weighted by molar-refractivity contribution is 5.94. The standard InChI is InChI=1S/C16H14N2O4/c1-11(19)22-15-9-8-13(10-14(15)16(20)21-2)18-17-12-6-4-3-5-7-12/h3-10H,1-2H3. The minimum atomic E-state index is -0.618. The molecule has 0 fully saturated rings. The quantitative estimate of drug-likeness (QED) is 0.488. The molecular weight excluding hydrogens is 284 g/mol. The van der Waals surface area contributed by atoms with Gasteiger partial charge in [0.25, 0.3) is 0 Å². The molecule has 2 aromatic rings. The van der Waals surface area contributed by atoms with Crippen molar-refractivity contribution in [1.82, 2.24) is 0 Å². The predicted molar refractivity (Wildman–Crippen MR) is 79.7 cm³/mol. The van der Waals surface area contributed by atoms with Crippen LogP contribution >= 0.6 is 0 Å². The second-order valence-electron chi connectivity index (χ2n) is 4.30. The van der Waals surface area contributed by atoms with Crippen LogP contribution in [0.5, 0.6) is 5.75 Å². The maximum atomic E-state index is 11.8. The molecule has 112 valence electrons. The largest absolute Gasteiger partial charge is 0.465 e. The fraction of sp³-hybridized carbons (Fsp3) is 0.125. The van der Waals surface area contributed by atoms with Crippen molar-refractivity contribution in [3.05, 3.63) is 54.1 Å². The van der Waals surface area contributed by atoms with Gasteiger partial charge in [0.15, 0.2) is 0 Å². The fourth-order valence-electron chi connectivity index (χ4n) is 1.70. The van der Waals surface area contributed by atoms with Crippen molar-refractivity contribution in [3.63, 3.8) is 0 Å². The third-order valence-corrected chi connectivity index (χ3v) is 2.66. The molecule has 0 heterocycles. The molecule has 0 saturated heterocycles. The molecule has 22 heavy (non-hydrogen) atoms. The van der Waals surface area contributed by atoms with Crippen molar-refractivity contribution in [2.45, 2.75) is 6.92 Å². The first-order chi connectivity index (χ1) is 10.6. The summed E-state index contributed by atoms with van der Waals surface area (Å²) in [6.07, 6.45) is 0. The van der Waals surface area contributed by atoms with Crippen LogP contribution in [-0.4, -0.2) is 19.0 Å². The van der Waals surface area contributed by atoms with E-state index in [1.165, 1.54) is 26.2 Å². The summed E-state index contributed by atoms with van der Waals surface area (Å²) in [5, 5.41) is 8.11. The van der Waals surface area contributed by atoms with Crippen molar-refractivity contribution in [2.75, 3.05) is 7.11 Å². The Kier molecular flexibility index (Phi) is 4.98. The molecule has 0 aliphatic carbocycles. The van der Waals surface area contributed by atoms with E-state index in [0.717, 1.165) is 0 Å². The topological polar surface area (TPSA) is 77.3 Å². The van der Waals surface area contributed by atoms with Gasteiger partial charge >= 0.3 is 11.9 Å². The highest BCUT2D eigenvalue weighted by atomic mass is 16.5. The molecule has 0 spiro atoms. The van der Waals surface area contributed by atoms with Gasteiger partial charge in [0.1, 0.15) is 11.3 Å². The predicted octanol–water partition coefficient (Wildman–Crippen LogP) is 3.81. The van der Waals surface area contributed by atoms with E-state index in [-0.39, 0.29) is 11.3 Å². The third-order valence-electron chi connectivity index (χ3n) is 2.66. The van der Waals surface area contributed by atoms with Crippen molar-refractivity contribution >= 4 is 23.3 Å². The van der Waals surface area contributed by atoms with Crippen LogP contribution in [0, 0.1) is 0 Å². The van der Waals surface area contributed by atoms with Crippen molar-refractivity contribution in [2.24, 2.45) is 10.2 Å².